The average Bonchev–Trinajstić information content (AvgIpc) is 2.28. The van der Waals surface area contributed by atoms with E-state index in [1.54, 1.807) is 12.4 Å². The zero-order chi connectivity index (χ0) is 10.9. The van der Waals surface area contributed by atoms with Gasteiger partial charge in [0, 0.05) is 12.7 Å². The Morgan fingerprint density at radius 3 is 2.93 bits per heavy atom. The van der Waals surface area contributed by atoms with E-state index in [0.717, 1.165) is 31.7 Å². The van der Waals surface area contributed by atoms with Gasteiger partial charge in [-0.1, -0.05) is 20.3 Å². The molecule has 0 bridgehead atoms. The molecule has 0 aromatic carbocycles. The van der Waals surface area contributed by atoms with E-state index < -0.39 is 0 Å². The molecular weight excluding hydrogens is 188 g/mol. The first-order chi connectivity index (χ1) is 7.36. The molecule has 0 aliphatic carbocycles. The van der Waals surface area contributed by atoms with E-state index in [0.29, 0.717) is 0 Å². The van der Waals surface area contributed by atoms with E-state index in [2.05, 4.69) is 24.1 Å². The molecule has 1 aromatic heterocycles. The van der Waals surface area contributed by atoms with Crippen LogP contribution in [0.3, 0.4) is 0 Å². The fourth-order valence-electron chi connectivity index (χ4n) is 1.44. The molecule has 0 aliphatic rings. The fraction of sp³-hybridized carbons (Fsp3) is 0.583. The zero-order valence-corrected chi connectivity index (χ0v) is 9.57. The third kappa shape index (κ3) is 4.79. The number of pyridine rings is 1. The second kappa shape index (κ2) is 7.23. The van der Waals surface area contributed by atoms with Gasteiger partial charge in [0.25, 0.3) is 0 Å². The van der Waals surface area contributed by atoms with Gasteiger partial charge in [0.1, 0.15) is 11.9 Å². The predicted molar refractivity (Wildman–Crippen MR) is 62.1 cm³/mol. The predicted octanol–water partition coefficient (Wildman–Crippen LogP) is 2.24. The smallest absolute Gasteiger partial charge is 0.138 e. The van der Waals surface area contributed by atoms with E-state index >= 15 is 0 Å². The largest absolute Gasteiger partial charge is 0.487 e. The number of hydrogen-bond donors (Lipinski definition) is 1. The summed E-state index contributed by atoms with van der Waals surface area (Å²) >= 11 is 0. The number of hydrogen-bond acceptors (Lipinski definition) is 3. The van der Waals surface area contributed by atoms with Crippen molar-refractivity contribution in [2.45, 2.75) is 32.8 Å². The van der Waals surface area contributed by atoms with Crippen LogP contribution in [0.5, 0.6) is 5.75 Å². The summed E-state index contributed by atoms with van der Waals surface area (Å²) < 4.78 is 5.83. The van der Waals surface area contributed by atoms with Gasteiger partial charge in [-0.05, 0) is 25.1 Å². The Kier molecular flexibility index (Phi) is 5.78. The minimum absolute atomic E-state index is 0.249. The lowest BCUT2D eigenvalue weighted by atomic mass is 10.2. The van der Waals surface area contributed by atoms with Crippen molar-refractivity contribution in [3.8, 4) is 5.75 Å². The van der Waals surface area contributed by atoms with E-state index in [1.807, 2.05) is 12.1 Å². The Morgan fingerprint density at radius 1 is 1.47 bits per heavy atom. The average molecular weight is 208 g/mol. The molecule has 1 N–H and O–H groups in total. The molecule has 1 atom stereocenters. The molecule has 0 spiro atoms. The molecule has 0 amide bonds. The molecule has 1 heterocycles. The quantitative estimate of drug-likeness (QED) is 0.746. The minimum atomic E-state index is 0.249. The maximum absolute atomic E-state index is 5.83. The van der Waals surface area contributed by atoms with Crippen molar-refractivity contribution < 1.29 is 4.74 Å². The van der Waals surface area contributed by atoms with Gasteiger partial charge >= 0.3 is 0 Å². The maximum Gasteiger partial charge on any atom is 0.138 e. The molecule has 3 heteroatoms. The van der Waals surface area contributed by atoms with Crippen LogP contribution in [0.15, 0.2) is 24.5 Å². The summed E-state index contributed by atoms with van der Waals surface area (Å²) in [4.78, 5) is 4.03. The standard InChI is InChI=1S/C12H20N2O/c1-3-6-11(9-13-4-2)15-12-7-5-8-14-10-12/h5,7-8,10-11,13H,3-4,6,9H2,1-2H3. The molecule has 0 saturated heterocycles. The summed E-state index contributed by atoms with van der Waals surface area (Å²) in [5, 5.41) is 3.31. The number of rotatable bonds is 7. The lowest BCUT2D eigenvalue weighted by Gasteiger charge is -2.18. The second-order valence-electron chi connectivity index (χ2n) is 3.52. The van der Waals surface area contributed by atoms with Gasteiger partial charge < -0.3 is 10.1 Å². The summed E-state index contributed by atoms with van der Waals surface area (Å²) in [6.45, 7) is 6.16. The Labute approximate surface area is 91.9 Å². The molecule has 3 nitrogen and oxygen atoms in total. The number of nitrogens with one attached hydrogen (secondary N) is 1. The van der Waals surface area contributed by atoms with Crippen molar-refractivity contribution in [1.82, 2.24) is 10.3 Å². The third-order valence-corrected chi connectivity index (χ3v) is 2.17. The van der Waals surface area contributed by atoms with Gasteiger partial charge in [0.2, 0.25) is 0 Å². The summed E-state index contributed by atoms with van der Waals surface area (Å²) in [7, 11) is 0. The molecule has 1 aromatic rings. The molecule has 0 saturated carbocycles. The molecule has 84 valence electrons. The highest BCUT2D eigenvalue weighted by atomic mass is 16.5. The van der Waals surface area contributed by atoms with E-state index in [9.17, 15) is 0 Å². The van der Waals surface area contributed by atoms with Crippen LogP contribution in [-0.2, 0) is 0 Å². The van der Waals surface area contributed by atoms with Crippen molar-refractivity contribution in [2.75, 3.05) is 13.1 Å². The summed E-state index contributed by atoms with van der Waals surface area (Å²) in [6, 6.07) is 3.84. The Balaban J connectivity index is 2.43. The van der Waals surface area contributed by atoms with Gasteiger partial charge in [-0.25, -0.2) is 0 Å². The summed E-state index contributed by atoms with van der Waals surface area (Å²) in [5.41, 5.74) is 0. The fourth-order valence-corrected chi connectivity index (χ4v) is 1.44. The van der Waals surface area contributed by atoms with Crippen LogP contribution in [0.2, 0.25) is 0 Å². The van der Waals surface area contributed by atoms with Crippen molar-refractivity contribution in [2.24, 2.45) is 0 Å². The topological polar surface area (TPSA) is 34.1 Å². The van der Waals surface area contributed by atoms with E-state index in [-0.39, 0.29) is 6.10 Å². The molecule has 0 aliphatic heterocycles. The van der Waals surface area contributed by atoms with Crippen LogP contribution in [0.4, 0.5) is 0 Å². The van der Waals surface area contributed by atoms with Crippen LogP contribution >= 0.6 is 0 Å². The third-order valence-electron chi connectivity index (χ3n) is 2.17. The Morgan fingerprint density at radius 2 is 2.33 bits per heavy atom. The molecule has 15 heavy (non-hydrogen) atoms. The van der Waals surface area contributed by atoms with Crippen molar-refractivity contribution >= 4 is 0 Å². The van der Waals surface area contributed by atoms with Gasteiger partial charge in [-0.15, -0.1) is 0 Å². The van der Waals surface area contributed by atoms with Gasteiger partial charge in [0.05, 0.1) is 6.20 Å². The SMILES string of the molecule is CCCC(CNCC)Oc1cccnc1. The molecule has 1 unspecified atom stereocenters. The van der Waals surface area contributed by atoms with Crippen LogP contribution in [0, 0.1) is 0 Å². The highest BCUT2D eigenvalue weighted by Gasteiger charge is 2.08. The first-order valence-corrected chi connectivity index (χ1v) is 5.64. The molecule has 0 fully saturated rings. The van der Waals surface area contributed by atoms with Crippen molar-refractivity contribution in [3.05, 3.63) is 24.5 Å². The first-order valence-electron chi connectivity index (χ1n) is 5.64. The summed E-state index contributed by atoms with van der Waals surface area (Å²) in [6.07, 6.45) is 5.97. The van der Waals surface area contributed by atoms with Gasteiger partial charge in [-0.2, -0.15) is 0 Å². The number of likely N-dealkylation sites (N-methyl/N-ethyl adjacent to an activating group) is 1. The Hall–Kier alpha value is -1.09. The normalized spacial score (nSPS) is 12.4. The number of ether oxygens (including phenoxy) is 1. The summed E-state index contributed by atoms with van der Waals surface area (Å²) in [5.74, 6) is 0.855. The van der Waals surface area contributed by atoms with Gasteiger partial charge in [-0.3, -0.25) is 4.98 Å². The first kappa shape index (κ1) is 12.0. The van der Waals surface area contributed by atoms with E-state index in [1.165, 1.54) is 0 Å². The van der Waals surface area contributed by atoms with Crippen LogP contribution in [-0.4, -0.2) is 24.2 Å². The minimum Gasteiger partial charge on any atom is -0.487 e. The Bertz CT molecular complexity index is 251. The lowest BCUT2D eigenvalue weighted by molar-refractivity contribution is 0.186. The maximum atomic E-state index is 5.83. The monoisotopic (exact) mass is 208 g/mol. The number of nitrogens with zero attached hydrogens (tertiary/aromatic N) is 1. The van der Waals surface area contributed by atoms with Crippen LogP contribution < -0.4 is 10.1 Å². The molecule has 0 radical (unpaired) electrons. The molecule has 1 rings (SSSR count). The van der Waals surface area contributed by atoms with Gasteiger partial charge in [0.15, 0.2) is 0 Å². The highest BCUT2D eigenvalue weighted by Crippen LogP contribution is 2.11. The van der Waals surface area contributed by atoms with Crippen molar-refractivity contribution in [1.29, 1.82) is 0 Å². The van der Waals surface area contributed by atoms with E-state index in [4.69, 9.17) is 4.74 Å². The second-order valence-corrected chi connectivity index (χ2v) is 3.52. The number of aromatic nitrogens is 1. The zero-order valence-electron chi connectivity index (χ0n) is 9.57. The molecular formula is C12H20N2O. The van der Waals surface area contributed by atoms with Crippen molar-refractivity contribution in [3.63, 3.8) is 0 Å². The highest BCUT2D eigenvalue weighted by molar-refractivity contribution is 5.15. The lowest BCUT2D eigenvalue weighted by Crippen LogP contribution is -2.31. The van der Waals surface area contributed by atoms with Crippen LogP contribution in [0.25, 0.3) is 0 Å². The van der Waals surface area contributed by atoms with Crippen LogP contribution in [0.1, 0.15) is 26.7 Å².